The van der Waals surface area contributed by atoms with E-state index in [2.05, 4.69) is 15.0 Å². The lowest BCUT2D eigenvalue weighted by atomic mass is 9.49. The lowest BCUT2D eigenvalue weighted by molar-refractivity contribution is -0.00688. The van der Waals surface area contributed by atoms with Crippen molar-refractivity contribution >= 4 is 32.2 Å². The van der Waals surface area contributed by atoms with Crippen molar-refractivity contribution in [1.29, 1.82) is 0 Å². The molecule has 1 aromatic heterocycles. The molecule has 166 valence electrons. The SMILES string of the molecule is O=S(=O)(Nc1nc(C23CC4CC(CC(C4)C2)C3)cs1)c1ccc(N2CCOCC2)cc1. The molecule has 0 atom stereocenters. The lowest BCUT2D eigenvalue weighted by Crippen LogP contribution is -2.48. The number of morpholine rings is 1. The normalized spacial score (nSPS) is 32.4. The minimum Gasteiger partial charge on any atom is -0.378 e. The highest BCUT2D eigenvalue weighted by Gasteiger charge is 2.52. The molecule has 5 fully saturated rings. The Hall–Kier alpha value is -1.64. The first kappa shape index (κ1) is 20.0. The molecule has 7 rings (SSSR count). The van der Waals surface area contributed by atoms with Gasteiger partial charge in [-0.2, -0.15) is 0 Å². The van der Waals surface area contributed by atoms with Gasteiger partial charge < -0.3 is 9.64 Å². The summed E-state index contributed by atoms with van der Waals surface area (Å²) in [6, 6.07) is 7.12. The smallest absolute Gasteiger partial charge is 0.263 e. The molecule has 0 spiro atoms. The van der Waals surface area contributed by atoms with Gasteiger partial charge in [0.05, 0.1) is 23.8 Å². The Bertz CT molecular complexity index is 1020. The fraction of sp³-hybridized carbons (Fsp3) is 0.609. The van der Waals surface area contributed by atoms with E-state index >= 15 is 0 Å². The van der Waals surface area contributed by atoms with Gasteiger partial charge in [0.15, 0.2) is 5.13 Å². The average Bonchev–Trinajstić information content (AvgIpc) is 3.22. The lowest BCUT2D eigenvalue weighted by Gasteiger charge is -2.56. The van der Waals surface area contributed by atoms with Gasteiger partial charge in [0, 0.05) is 29.6 Å². The maximum atomic E-state index is 13.0. The molecule has 0 radical (unpaired) electrons. The maximum Gasteiger partial charge on any atom is 0.263 e. The molecule has 8 heteroatoms. The van der Waals surface area contributed by atoms with Gasteiger partial charge in [-0.05, 0) is 80.5 Å². The van der Waals surface area contributed by atoms with E-state index in [9.17, 15) is 8.42 Å². The summed E-state index contributed by atoms with van der Waals surface area (Å²) < 4.78 is 34.1. The van der Waals surface area contributed by atoms with Crippen LogP contribution in [-0.4, -0.2) is 39.7 Å². The van der Waals surface area contributed by atoms with Crippen LogP contribution in [0.25, 0.3) is 0 Å². The second-order valence-corrected chi connectivity index (χ2v) is 12.5. The highest BCUT2D eigenvalue weighted by molar-refractivity contribution is 7.93. The summed E-state index contributed by atoms with van der Waals surface area (Å²) in [5.41, 5.74) is 2.34. The summed E-state index contributed by atoms with van der Waals surface area (Å²) in [5, 5.41) is 2.59. The second-order valence-electron chi connectivity index (χ2n) is 9.93. The zero-order chi connectivity index (χ0) is 21.1. The molecule has 5 aliphatic rings. The zero-order valence-electron chi connectivity index (χ0n) is 17.6. The number of ether oxygens (including phenoxy) is 1. The Kier molecular flexibility index (Phi) is 4.81. The molecule has 6 nitrogen and oxygen atoms in total. The van der Waals surface area contributed by atoms with Crippen molar-refractivity contribution < 1.29 is 13.2 Å². The summed E-state index contributed by atoms with van der Waals surface area (Å²) in [4.78, 5) is 7.30. The minimum absolute atomic E-state index is 0.189. The van der Waals surface area contributed by atoms with Crippen molar-refractivity contribution in [2.45, 2.75) is 48.8 Å². The highest BCUT2D eigenvalue weighted by atomic mass is 32.2. The number of nitrogens with one attached hydrogen (secondary N) is 1. The van der Waals surface area contributed by atoms with E-state index < -0.39 is 10.0 Å². The highest BCUT2D eigenvalue weighted by Crippen LogP contribution is 2.60. The topological polar surface area (TPSA) is 71.5 Å². The third-order valence-corrected chi connectivity index (χ3v) is 10.1. The molecule has 2 heterocycles. The van der Waals surface area contributed by atoms with Crippen LogP contribution in [0.4, 0.5) is 10.8 Å². The van der Waals surface area contributed by atoms with E-state index in [0.717, 1.165) is 42.2 Å². The van der Waals surface area contributed by atoms with Crippen LogP contribution >= 0.6 is 11.3 Å². The van der Waals surface area contributed by atoms with Crippen LogP contribution in [0.1, 0.15) is 44.2 Å². The quantitative estimate of drug-likeness (QED) is 0.724. The van der Waals surface area contributed by atoms with Crippen LogP contribution < -0.4 is 9.62 Å². The molecule has 1 saturated heterocycles. The summed E-state index contributed by atoms with van der Waals surface area (Å²) in [6.07, 6.45) is 7.88. The van der Waals surface area contributed by atoms with Crippen LogP contribution in [0.3, 0.4) is 0 Å². The monoisotopic (exact) mass is 459 g/mol. The summed E-state index contributed by atoms with van der Waals surface area (Å²) >= 11 is 1.42. The summed E-state index contributed by atoms with van der Waals surface area (Å²) in [5.74, 6) is 2.54. The van der Waals surface area contributed by atoms with Crippen LogP contribution in [0, 0.1) is 17.8 Å². The molecule has 4 aliphatic carbocycles. The number of sulfonamides is 1. The Balaban J connectivity index is 1.19. The van der Waals surface area contributed by atoms with Crippen molar-refractivity contribution in [2.75, 3.05) is 35.9 Å². The second kappa shape index (κ2) is 7.46. The number of thiazole rings is 1. The van der Waals surface area contributed by atoms with Gasteiger partial charge in [0.25, 0.3) is 10.0 Å². The van der Waals surface area contributed by atoms with E-state index in [4.69, 9.17) is 9.72 Å². The van der Waals surface area contributed by atoms with Gasteiger partial charge in [-0.25, -0.2) is 13.4 Å². The fourth-order valence-corrected chi connectivity index (χ4v) is 8.91. The Morgan fingerprint density at radius 1 is 1.00 bits per heavy atom. The first-order valence-corrected chi connectivity index (χ1v) is 13.8. The predicted molar refractivity (Wildman–Crippen MR) is 122 cm³/mol. The van der Waals surface area contributed by atoms with Gasteiger partial charge in [-0.15, -0.1) is 11.3 Å². The van der Waals surface area contributed by atoms with Gasteiger partial charge >= 0.3 is 0 Å². The number of hydrogen-bond acceptors (Lipinski definition) is 6. The number of aromatic nitrogens is 1. The summed E-state index contributed by atoms with van der Waals surface area (Å²) in [7, 11) is -3.65. The van der Waals surface area contributed by atoms with Gasteiger partial charge in [0.2, 0.25) is 0 Å². The van der Waals surface area contributed by atoms with Gasteiger partial charge in [-0.1, -0.05) is 0 Å². The van der Waals surface area contributed by atoms with Crippen molar-refractivity contribution in [2.24, 2.45) is 17.8 Å². The molecule has 1 aromatic carbocycles. The van der Waals surface area contributed by atoms with E-state index in [1.165, 1.54) is 49.9 Å². The Morgan fingerprint density at radius 3 is 2.23 bits per heavy atom. The molecule has 0 amide bonds. The number of benzene rings is 1. The van der Waals surface area contributed by atoms with Crippen LogP contribution in [0.5, 0.6) is 0 Å². The van der Waals surface area contributed by atoms with Gasteiger partial charge in [-0.3, -0.25) is 4.72 Å². The largest absolute Gasteiger partial charge is 0.378 e. The Labute approximate surface area is 188 Å². The molecule has 1 N–H and O–H groups in total. The first-order chi connectivity index (χ1) is 15.0. The first-order valence-electron chi connectivity index (χ1n) is 11.4. The molecular formula is C23H29N3O3S2. The average molecular weight is 460 g/mol. The number of rotatable bonds is 5. The third-order valence-electron chi connectivity index (χ3n) is 7.83. The predicted octanol–water partition coefficient (Wildman–Crippen LogP) is 4.25. The molecule has 2 aromatic rings. The molecule has 31 heavy (non-hydrogen) atoms. The molecule has 0 unspecified atom stereocenters. The summed E-state index contributed by atoms with van der Waals surface area (Å²) in [6.45, 7) is 3.07. The van der Waals surface area contributed by atoms with Crippen LogP contribution in [0.2, 0.25) is 0 Å². The fourth-order valence-electron chi connectivity index (χ4n) is 6.82. The van der Waals surface area contributed by atoms with E-state index in [1.807, 2.05) is 12.1 Å². The van der Waals surface area contributed by atoms with Crippen molar-refractivity contribution in [1.82, 2.24) is 4.98 Å². The number of hydrogen-bond donors (Lipinski definition) is 1. The molecule has 1 aliphatic heterocycles. The van der Waals surface area contributed by atoms with Gasteiger partial charge in [0.1, 0.15) is 0 Å². The Morgan fingerprint density at radius 2 is 1.61 bits per heavy atom. The van der Waals surface area contributed by atoms with E-state index in [-0.39, 0.29) is 10.3 Å². The zero-order valence-corrected chi connectivity index (χ0v) is 19.3. The minimum atomic E-state index is -3.65. The maximum absolute atomic E-state index is 13.0. The molecular weight excluding hydrogens is 430 g/mol. The van der Waals surface area contributed by atoms with Crippen molar-refractivity contribution in [3.05, 3.63) is 35.3 Å². The van der Waals surface area contributed by atoms with Crippen molar-refractivity contribution in [3.8, 4) is 0 Å². The molecule has 4 bridgehead atoms. The van der Waals surface area contributed by atoms with Crippen molar-refractivity contribution in [3.63, 3.8) is 0 Å². The standard InChI is InChI=1S/C23H29N3O3S2/c27-31(28,20-3-1-19(2-4-20)26-5-7-29-8-6-26)25-22-24-21(15-30-22)23-12-16-9-17(13-23)11-18(10-16)14-23/h1-4,15-18H,5-14H2,(H,24,25). The van der Waals surface area contributed by atoms with Crippen LogP contribution in [-0.2, 0) is 20.2 Å². The third kappa shape index (κ3) is 3.66. The van der Waals surface area contributed by atoms with E-state index in [0.29, 0.717) is 18.3 Å². The number of nitrogens with zero attached hydrogens (tertiary/aromatic N) is 2. The number of anilines is 2. The van der Waals surface area contributed by atoms with E-state index in [1.54, 1.807) is 12.1 Å². The molecule has 4 saturated carbocycles. The van der Waals surface area contributed by atoms with Crippen LogP contribution in [0.15, 0.2) is 34.5 Å².